The second-order valence-electron chi connectivity index (χ2n) is 4.75. The van der Waals surface area contributed by atoms with Crippen molar-refractivity contribution in [1.29, 1.82) is 0 Å². The zero-order chi connectivity index (χ0) is 13.8. The topological polar surface area (TPSA) is 9.23 Å². The summed E-state index contributed by atoms with van der Waals surface area (Å²) in [6, 6.07) is 22.7. The highest BCUT2D eigenvalue weighted by Crippen LogP contribution is 2.19. The SMILES string of the molecule is ClCc1ccc2ccccc2c1.c1cc2ccc1CO2. The summed E-state index contributed by atoms with van der Waals surface area (Å²) in [4.78, 5) is 0. The molecule has 20 heavy (non-hydrogen) atoms. The molecule has 3 aromatic carbocycles. The molecule has 0 atom stereocenters. The number of benzene rings is 3. The molecule has 0 unspecified atom stereocenters. The molecule has 0 amide bonds. The molecule has 2 bridgehead atoms. The van der Waals surface area contributed by atoms with E-state index in [9.17, 15) is 0 Å². The Bertz CT molecular complexity index is 681. The summed E-state index contributed by atoms with van der Waals surface area (Å²) < 4.78 is 5.18. The molecular formula is C18H15ClO. The number of alkyl halides is 1. The normalized spacial score (nSPS) is 11.7. The van der Waals surface area contributed by atoms with Gasteiger partial charge in [0.1, 0.15) is 12.4 Å². The Morgan fingerprint density at radius 1 is 0.850 bits per heavy atom. The molecule has 2 heterocycles. The van der Waals surface area contributed by atoms with E-state index in [-0.39, 0.29) is 0 Å². The minimum absolute atomic E-state index is 0.588. The smallest absolute Gasteiger partial charge is 0.119 e. The third kappa shape index (κ3) is 2.94. The van der Waals surface area contributed by atoms with Crippen LogP contribution in [0.15, 0.2) is 66.7 Å². The molecule has 0 spiro atoms. The summed E-state index contributed by atoms with van der Waals surface area (Å²) in [6.07, 6.45) is 0. The lowest BCUT2D eigenvalue weighted by Crippen LogP contribution is -2.00. The summed E-state index contributed by atoms with van der Waals surface area (Å²) >= 11 is 5.73. The third-order valence-corrected chi connectivity index (χ3v) is 3.61. The number of hydrogen-bond acceptors (Lipinski definition) is 1. The quantitative estimate of drug-likeness (QED) is 0.560. The summed E-state index contributed by atoms with van der Waals surface area (Å²) in [7, 11) is 0. The van der Waals surface area contributed by atoms with Crippen molar-refractivity contribution in [3.8, 4) is 5.75 Å². The molecule has 0 saturated heterocycles. The molecule has 0 saturated carbocycles. The molecule has 0 N–H and O–H groups in total. The van der Waals surface area contributed by atoms with Crippen LogP contribution >= 0.6 is 11.6 Å². The average Bonchev–Trinajstić information content (AvgIpc) is 2.57. The van der Waals surface area contributed by atoms with Crippen LogP contribution in [0.3, 0.4) is 0 Å². The molecule has 1 nitrogen and oxygen atoms in total. The van der Waals surface area contributed by atoms with Crippen LogP contribution in [-0.2, 0) is 12.5 Å². The molecule has 2 heteroatoms. The Morgan fingerprint density at radius 3 is 2.10 bits per heavy atom. The first kappa shape index (κ1) is 13.0. The van der Waals surface area contributed by atoms with Gasteiger partial charge < -0.3 is 4.74 Å². The van der Waals surface area contributed by atoms with Gasteiger partial charge in [-0.1, -0.05) is 48.5 Å². The van der Waals surface area contributed by atoms with Crippen molar-refractivity contribution in [3.63, 3.8) is 0 Å². The Morgan fingerprint density at radius 2 is 1.60 bits per heavy atom. The van der Waals surface area contributed by atoms with E-state index in [1.165, 1.54) is 21.9 Å². The lowest BCUT2D eigenvalue weighted by Gasteiger charge is -2.11. The Kier molecular flexibility index (Phi) is 3.89. The Hall–Kier alpha value is -1.99. The third-order valence-electron chi connectivity index (χ3n) is 3.30. The predicted molar refractivity (Wildman–Crippen MR) is 84.3 cm³/mol. The van der Waals surface area contributed by atoms with Gasteiger partial charge in [-0.15, -0.1) is 11.6 Å². The van der Waals surface area contributed by atoms with Crippen molar-refractivity contribution in [1.82, 2.24) is 0 Å². The van der Waals surface area contributed by atoms with Gasteiger partial charge in [0, 0.05) is 5.88 Å². The molecule has 2 aliphatic rings. The summed E-state index contributed by atoms with van der Waals surface area (Å²) in [6.45, 7) is 0.766. The monoisotopic (exact) mass is 282 g/mol. The Balaban J connectivity index is 0.000000131. The number of fused-ring (bicyclic) bond motifs is 4. The molecule has 0 aromatic heterocycles. The lowest BCUT2D eigenvalue weighted by molar-refractivity contribution is 0.295. The summed E-state index contributed by atoms with van der Waals surface area (Å²) in [5, 5.41) is 2.53. The summed E-state index contributed by atoms with van der Waals surface area (Å²) in [5.74, 6) is 1.57. The second kappa shape index (κ2) is 5.98. The fraction of sp³-hybridized carbons (Fsp3) is 0.111. The van der Waals surface area contributed by atoms with Crippen molar-refractivity contribution in [3.05, 3.63) is 77.9 Å². The van der Waals surface area contributed by atoms with Gasteiger partial charge in [-0.3, -0.25) is 0 Å². The van der Waals surface area contributed by atoms with Gasteiger partial charge in [-0.05, 0) is 40.1 Å². The van der Waals surface area contributed by atoms with Crippen LogP contribution in [0, 0.1) is 0 Å². The van der Waals surface area contributed by atoms with Gasteiger partial charge in [0.25, 0.3) is 0 Å². The van der Waals surface area contributed by atoms with Gasteiger partial charge in [-0.25, -0.2) is 0 Å². The maximum atomic E-state index is 5.73. The van der Waals surface area contributed by atoms with Crippen molar-refractivity contribution < 1.29 is 4.74 Å². The van der Waals surface area contributed by atoms with Gasteiger partial charge in [0.2, 0.25) is 0 Å². The molecular weight excluding hydrogens is 268 g/mol. The minimum Gasteiger partial charge on any atom is -0.489 e. The first-order chi connectivity index (χ1) is 9.85. The molecule has 0 fully saturated rings. The number of ether oxygens (including phenoxy) is 1. The highest BCUT2D eigenvalue weighted by Gasteiger charge is 2.01. The molecule has 3 aromatic rings. The van der Waals surface area contributed by atoms with Crippen molar-refractivity contribution in [2.45, 2.75) is 12.5 Å². The van der Waals surface area contributed by atoms with E-state index in [1.54, 1.807) is 0 Å². The van der Waals surface area contributed by atoms with Gasteiger partial charge in [0.15, 0.2) is 0 Å². The van der Waals surface area contributed by atoms with E-state index in [0.717, 1.165) is 12.4 Å². The van der Waals surface area contributed by atoms with Crippen molar-refractivity contribution in [2.24, 2.45) is 0 Å². The molecule has 0 radical (unpaired) electrons. The maximum Gasteiger partial charge on any atom is 0.119 e. The number of halogens is 1. The first-order valence-corrected chi connectivity index (χ1v) is 7.14. The van der Waals surface area contributed by atoms with E-state index in [2.05, 4.69) is 42.5 Å². The highest BCUT2D eigenvalue weighted by atomic mass is 35.5. The van der Waals surface area contributed by atoms with E-state index in [1.807, 2.05) is 24.3 Å². The largest absolute Gasteiger partial charge is 0.489 e. The molecule has 0 aliphatic carbocycles. The highest BCUT2D eigenvalue weighted by molar-refractivity contribution is 6.17. The van der Waals surface area contributed by atoms with Crippen molar-refractivity contribution in [2.75, 3.05) is 0 Å². The maximum absolute atomic E-state index is 5.73. The van der Waals surface area contributed by atoms with Crippen LogP contribution in [0.25, 0.3) is 10.8 Å². The fourth-order valence-corrected chi connectivity index (χ4v) is 2.34. The van der Waals surface area contributed by atoms with E-state index in [0.29, 0.717) is 5.88 Å². The molecule has 100 valence electrons. The van der Waals surface area contributed by atoms with Crippen LogP contribution in [0.4, 0.5) is 0 Å². The van der Waals surface area contributed by atoms with Crippen LogP contribution in [0.5, 0.6) is 5.75 Å². The fourth-order valence-electron chi connectivity index (χ4n) is 2.17. The average molecular weight is 283 g/mol. The van der Waals surface area contributed by atoms with Gasteiger partial charge in [0.05, 0.1) is 0 Å². The van der Waals surface area contributed by atoms with Crippen LogP contribution in [-0.4, -0.2) is 0 Å². The van der Waals surface area contributed by atoms with Crippen molar-refractivity contribution >= 4 is 22.4 Å². The van der Waals surface area contributed by atoms with Crippen LogP contribution < -0.4 is 4.74 Å². The first-order valence-electron chi connectivity index (χ1n) is 6.60. The van der Waals surface area contributed by atoms with E-state index in [4.69, 9.17) is 16.3 Å². The number of hydrogen-bond donors (Lipinski definition) is 0. The van der Waals surface area contributed by atoms with Gasteiger partial charge >= 0.3 is 0 Å². The van der Waals surface area contributed by atoms with E-state index >= 15 is 0 Å². The zero-order valence-electron chi connectivity index (χ0n) is 11.1. The standard InChI is InChI=1S/C11H9Cl.C7H6O/c12-8-9-5-6-10-3-1-2-4-11(10)7-9;1-3-7-4-2-6(1)5-8-7/h1-7H,8H2;1-4H,5H2. The second-order valence-corrected chi connectivity index (χ2v) is 5.02. The Labute approximate surface area is 123 Å². The van der Waals surface area contributed by atoms with Crippen LogP contribution in [0.2, 0.25) is 0 Å². The van der Waals surface area contributed by atoms with Crippen LogP contribution in [0.1, 0.15) is 11.1 Å². The molecule has 5 rings (SSSR count). The minimum atomic E-state index is 0.588. The summed E-state index contributed by atoms with van der Waals surface area (Å²) in [5.41, 5.74) is 2.44. The zero-order valence-corrected chi connectivity index (χ0v) is 11.8. The predicted octanol–water partition coefficient (Wildman–Crippen LogP) is 5.16. The number of rotatable bonds is 1. The van der Waals surface area contributed by atoms with E-state index < -0.39 is 0 Å². The lowest BCUT2D eigenvalue weighted by atomic mass is 10.1. The van der Waals surface area contributed by atoms with Gasteiger partial charge in [-0.2, -0.15) is 0 Å². The molecule has 2 aliphatic heterocycles.